The van der Waals surface area contributed by atoms with Crippen LogP contribution in [0.25, 0.3) is 55.0 Å². The van der Waals surface area contributed by atoms with E-state index in [0.29, 0.717) is 0 Å². The van der Waals surface area contributed by atoms with Gasteiger partial charge in [-0.1, -0.05) is 357 Å². The molecule has 0 unspecified atom stereocenters. The van der Waals surface area contributed by atoms with Crippen LogP contribution in [-0.4, -0.2) is 36.0 Å². The number of aromatic nitrogens is 2. The molecule has 2 heterocycles. The molecule has 15 rings (SSSR count). The number of fused-ring (bicyclic) bond motifs is 6. The second kappa shape index (κ2) is 22.2. The third-order valence-corrected chi connectivity index (χ3v) is 17.4. The zero-order valence-corrected chi connectivity index (χ0v) is 46.5. The van der Waals surface area contributed by atoms with Crippen LogP contribution in [0.3, 0.4) is 0 Å². The Hall–Kier alpha value is -10.3. The van der Waals surface area contributed by atoms with Crippen molar-refractivity contribution >= 4 is 136 Å². The monoisotopic (exact) mass is 1060 g/mol. The molecule has 13 aromatic carbocycles. The predicted molar refractivity (Wildman–Crippen MR) is 365 cm³/mol. The van der Waals surface area contributed by atoms with Crippen molar-refractivity contribution in [1.82, 2.24) is 9.13 Å². The van der Waals surface area contributed by atoms with Crippen LogP contribution in [-0.2, 0) is 0 Å². The summed E-state index contributed by atoms with van der Waals surface area (Å²) in [5.74, 6) is 0. The normalized spacial score (nSPS) is 11.3. The fourth-order valence-electron chi connectivity index (χ4n) is 13.6. The standard InChI is InChI=1S/C78H56B4N2/c1-9-27-57(28-10-1)79(58-29-11-2-12-30-58)65-43-25-45-69(51-65)83-75-49-47-67(81(61-35-17-5-18-36-61)62-37-19-6-20-38-62)53-71(75)73-56-78-74(55-77(73)83)72-54-68(82(63-39-21-7-22-40-63)64-41-23-8-24-42-64)48-50-76(72)84(78)70-46-26-44-66(52-70)80(59-31-13-3-14-32-59)60-33-15-4-16-34-60/h1-56H. The molecule has 0 fully saturated rings. The zero-order chi connectivity index (χ0) is 55.8. The van der Waals surface area contributed by atoms with Gasteiger partial charge in [0.15, 0.2) is 0 Å². The molecule has 390 valence electrons. The van der Waals surface area contributed by atoms with Crippen molar-refractivity contribution < 1.29 is 0 Å². The molecule has 0 amide bonds. The minimum Gasteiger partial charge on any atom is -0.309 e. The minimum absolute atomic E-state index is 0.0247. The average molecular weight is 1060 g/mol. The quantitative estimate of drug-likeness (QED) is 0.0961. The Kier molecular flexibility index (Phi) is 13.4. The summed E-state index contributed by atoms with van der Waals surface area (Å²) >= 11 is 0. The van der Waals surface area contributed by atoms with E-state index in [2.05, 4.69) is 349 Å². The van der Waals surface area contributed by atoms with Crippen molar-refractivity contribution in [2.24, 2.45) is 0 Å². The van der Waals surface area contributed by atoms with Crippen LogP contribution in [0.1, 0.15) is 0 Å². The van der Waals surface area contributed by atoms with Crippen molar-refractivity contribution in [3.8, 4) is 11.4 Å². The Bertz CT molecular complexity index is 4300. The highest BCUT2D eigenvalue weighted by Crippen LogP contribution is 2.39. The van der Waals surface area contributed by atoms with Gasteiger partial charge in [0, 0.05) is 32.9 Å². The Morgan fingerprint density at radius 1 is 0.155 bits per heavy atom. The highest BCUT2D eigenvalue weighted by molar-refractivity contribution is 6.97. The third kappa shape index (κ3) is 9.36. The predicted octanol–water partition coefficient (Wildman–Crippen LogP) is 9.95. The van der Waals surface area contributed by atoms with Crippen LogP contribution in [0, 0.1) is 0 Å². The van der Waals surface area contributed by atoms with Gasteiger partial charge in [0.05, 0.1) is 22.1 Å². The molecule has 2 nitrogen and oxygen atoms in total. The molecular formula is C78H56B4N2. The highest BCUT2D eigenvalue weighted by atomic mass is 15.0. The summed E-state index contributed by atoms with van der Waals surface area (Å²) in [4.78, 5) is 0. The van der Waals surface area contributed by atoms with E-state index in [0.717, 1.165) is 33.4 Å². The summed E-state index contributed by atoms with van der Waals surface area (Å²) < 4.78 is 5.08. The van der Waals surface area contributed by atoms with Crippen LogP contribution in [0.2, 0.25) is 0 Å². The van der Waals surface area contributed by atoms with Gasteiger partial charge >= 0.3 is 0 Å². The molecule has 2 aromatic heterocycles. The van der Waals surface area contributed by atoms with Gasteiger partial charge in [0.1, 0.15) is 0 Å². The molecule has 0 aliphatic rings. The van der Waals surface area contributed by atoms with E-state index in [1.165, 1.54) is 87.1 Å². The van der Waals surface area contributed by atoms with Gasteiger partial charge in [0.2, 0.25) is 26.9 Å². The van der Waals surface area contributed by atoms with Gasteiger partial charge < -0.3 is 9.13 Å². The molecule has 0 spiro atoms. The zero-order valence-electron chi connectivity index (χ0n) is 46.5. The minimum atomic E-state index is 0.0247. The van der Waals surface area contributed by atoms with E-state index in [1.54, 1.807) is 0 Å². The lowest BCUT2D eigenvalue weighted by Gasteiger charge is -2.18. The molecule has 0 N–H and O–H groups in total. The Labute approximate surface area is 493 Å². The number of hydrogen-bond donors (Lipinski definition) is 0. The van der Waals surface area contributed by atoms with Gasteiger partial charge in [-0.05, 0) is 48.5 Å². The molecule has 0 atom stereocenters. The summed E-state index contributed by atoms with van der Waals surface area (Å²) in [7, 11) is 0. The van der Waals surface area contributed by atoms with Crippen molar-refractivity contribution in [3.63, 3.8) is 0 Å². The van der Waals surface area contributed by atoms with E-state index in [-0.39, 0.29) is 26.9 Å². The number of rotatable bonds is 14. The molecular weight excluding hydrogens is 1010 g/mol. The molecule has 0 radical (unpaired) electrons. The Morgan fingerprint density at radius 2 is 0.369 bits per heavy atom. The molecule has 0 saturated carbocycles. The van der Waals surface area contributed by atoms with Crippen molar-refractivity contribution in [1.29, 1.82) is 0 Å². The van der Waals surface area contributed by atoms with Gasteiger partial charge in [-0.15, -0.1) is 0 Å². The number of benzene rings is 13. The van der Waals surface area contributed by atoms with Crippen LogP contribution in [0.5, 0.6) is 0 Å². The first-order chi connectivity index (χ1) is 41.7. The van der Waals surface area contributed by atoms with Crippen molar-refractivity contribution in [2.75, 3.05) is 0 Å². The lowest BCUT2D eigenvalue weighted by atomic mass is 9.37. The fraction of sp³-hybridized carbons (Fsp3) is 0. The molecule has 0 aliphatic carbocycles. The van der Waals surface area contributed by atoms with E-state index < -0.39 is 0 Å². The first kappa shape index (κ1) is 50.7. The average Bonchev–Trinajstić information content (AvgIpc) is 2.45. The smallest absolute Gasteiger partial charge is 0.241 e. The largest absolute Gasteiger partial charge is 0.309 e. The second-order valence-corrected chi connectivity index (χ2v) is 22.3. The third-order valence-electron chi connectivity index (χ3n) is 17.4. The van der Waals surface area contributed by atoms with E-state index >= 15 is 0 Å². The first-order valence-electron chi connectivity index (χ1n) is 29.4. The maximum absolute atomic E-state index is 2.54. The van der Waals surface area contributed by atoms with E-state index in [9.17, 15) is 0 Å². The summed E-state index contributed by atoms with van der Waals surface area (Å²) in [5.41, 5.74) is 22.0. The van der Waals surface area contributed by atoms with Gasteiger partial charge in [-0.25, -0.2) is 0 Å². The Morgan fingerprint density at radius 3 is 0.619 bits per heavy atom. The number of nitrogens with zero attached hydrogens (tertiary/aromatic N) is 2. The van der Waals surface area contributed by atoms with Crippen molar-refractivity contribution in [2.45, 2.75) is 0 Å². The van der Waals surface area contributed by atoms with E-state index in [1.807, 2.05) is 0 Å². The van der Waals surface area contributed by atoms with Crippen LogP contribution in [0.4, 0.5) is 0 Å². The van der Waals surface area contributed by atoms with Crippen LogP contribution in [0.15, 0.2) is 340 Å². The maximum Gasteiger partial charge on any atom is 0.241 e. The van der Waals surface area contributed by atoms with Gasteiger partial charge in [0.25, 0.3) is 0 Å². The lowest BCUT2D eigenvalue weighted by Crippen LogP contribution is -2.52. The molecule has 84 heavy (non-hydrogen) atoms. The van der Waals surface area contributed by atoms with E-state index in [4.69, 9.17) is 0 Å². The van der Waals surface area contributed by atoms with Crippen molar-refractivity contribution in [3.05, 3.63) is 340 Å². The van der Waals surface area contributed by atoms with Gasteiger partial charge in [-0.3, -0.25) is 0 Å². The lowest BCUT2D eigenvalue weighted by molar-refractivity contribution is 1.18. The first-order valence-corrected chi connectivity index (χ1v) is 29.4. The SMILES string of the molecule is c1ccc(B(c2ccccc2)c2cccc(-n3c4ccc(B(c5ccccc5)c5ccccc5)cc4c4cc5c(cc43)c3cc(B(c4ccccc4)c4ccccc4)ccc3n5-c3cccc(B(c4ccccc4)c4ccccc4)c3)c2)cc1. The summed E-state index contributed by atoms with van der Waals surface area (Å²) in [6.07, 6.45) is 0. The van der Waals surface area contributed by atoms with Crippen LogP contribution < -0.4 is 65.6 Å². The summed E-state index contributed by atoms with van der Waals surface area (Å²) in [6, 6.07) is 126. The summed E-state index contributed by atoms with van der Waals surface area (Å²) in [5, 5.41) is 4.82. The van der Waals surface area contributed by atoms with Crippen LogP contribution >= 0.6 is 0 Å². The van der Waals surface area contributed by atoms with Gasteiger partial charge in [-0.2, -0.15) is 0 Å². The molecule has 0 bridgehead atoms. The molecule has 15 aromatic rings. The topological polar surface area (TPSA) is 9.86 Å². The maximum atomic E-state index is 2.54. The second-order valence-electron chi connectivity index (χ2n) is 22.3. The fourth-order valence-corrected chi connectivity index (χ4v) is 13.6. The molecule has 6 heteroatoms. The summed E-state index contributed by atoms with van der Waals surface area (Å²) in [6.45, 7) is 0.122. The molecule has 0 saturated heterocycles. The molecule has 0 aliphatic heterocycles. The number of hydrogen-bond acceptors (Lipinski definition) is 0. The Balaban J connectivity index is 1.03. The highest BCUT2D eigenvalue weighted by Gasteiger charge is 2.29.